The lowest BCUT2D eigenvalue weighted by atomic mass is 10.1. The number of para-hydroxylation sites is 3. The van der Waals surface area contributed by atoms with Crippen LogP contribution in [0, 0.1) is 0 Å². The number of ether oxygens (including phenoxy) is 1. The molecule has 0 aliphatic carbocycles. The van der Waals surface area contributed by atoms with E-state index in [1.165, 1.54) is 5.56 Å². The fourth-order valence-corrected chi connectivity index (χ4v) is 2.65. The Hall–Kier alpha value is -3.11. The first kappa shape index (κ1) is 17.7. The predicted molar refractivity (Wildman–Crippen MR) is 103 cm³/mol. The summed E-state index contributed by atoms with van der Waals surface area (Å²) in [6, 6.07) is 27.4. The van der Waals surface area contributed by atoms with Gasteiger partial charge in [0.25, 0.3) is 5.91 Å². The van der Waals surface area contributed by atoms with Gasteiger partial charge in [-0.1, -0.05) is 60.7 Å². The molecule has 0 aromatic heterocycles. The Morgan fingerprint density at radius 3 is 2.27 bits per heavy atom. The normalized spacial score (nSPS) is 11.6. The second kappa shape index (κ2) is 8.83. The molecule has 3 N–H and O–H groups in total. The molecule has 1 atom stereocenters. The first-order valence-corrected chi connectivity index (χ1v) is 8.72. The van der Waals surface area contributed by atoms with Crippen LogP contribution < -0.4 is 15.4 Å². The van der Waals surface area contributed by atoms with Crippen molar-refractivity contribution in [3.63, 3.8) is 0 Å². The second-order valence-electron chi connectivity index (χ2n) is 6.10. The summed E-state index contributed by atoms with van der Waals surface area (Å²) in [7, 11) is 0. The fourth-order valence-electron chi connectivity index (χ4n) is 2.65. The molecule has 4 heteroatoms. The van der Waals surface area contributed by atoms with Gasteiger partial charge in [-0.2, -0.15) is 0 Å². The van der Waals surface area contributed by atoms with E-state index in [0.717, 1.165) is 5.75 Å². The molecule has 0 aliphatic heterocycles. The third-order valence-corrected chi connectivity index (χ3v) is 4.11. The Kier molecular flexibility index (Phi) is 6.01. The predicted octanol–water partition coefficient (Wildman–Crippen LogP) is 3.74. The number of carbonyl (C=O) groups excluding carboxylic acids is 1. The number of rotatable bonds is 7. The lowest BCUT2D eigenvalue weighted by molar-refractivity contribution is -0.682. The highest BCUT2D eigenvalue weighted by molar-refractivity contribution is 5.92. The number of nitrogens with two attached hydrogens (primary N) is 1. The number of amides is 1. The van der Waals surface area contributed by atoms with Gasteiger partial charge in [0.05, 0.1) is 5.69 Å². The van der Waals surface area contributed by atoms with Crippen LogP contribution in [-0.2, 0) is 4.79 Å². The number of benzene rings is 3. The second-order valence-corrected chi connectivity index (χ2v) is 6.10. The van der Waals surface area contributed by atoms with Gasteiger partial charge < -0.3 is 15.4 Å². The van der Waals surface area contributed by atoms with Crippen molar-refractivity contribution in [3.05, 3.63) is 90.5 Å². The molecule has 3 aromatic rings. The minimum absolute atomic E-state index is 0.0584. The zero-order chi connectivity index (χ0) is 18.2. The topological polar surface area (TPSA) is 54.9 Å². The average molecular weight is 347 g/mol. The van der Waals surface area contributed by atoms with Crippen molar-refractivity contribution < 1.29 is 14.8 Å². The van der Waals surface area contributed by atoms with Crippen molar-refractivity contribution in [1.82, 2.24) is 0 Å². The van der Waals surface area contributed by atoms with E-state index in [1.54, 1.807) is 0 Å². The number of carbonyl (C=O) groups is 1. The zero-order valence-electron chi connectivity index (χ0n) is 14.8. The summed E-state index contributed by atoms with van der Waals surface area (Å²) in [6.07, 6.45) is 0. The molecule has 0 saturated carbocycles. The molecular formula is C22H23N2O2+. The van der Waals surface area contributed by atoms with E-state index in [2.05, 4.69) is 24.4 Å². The van der Waals surface area contributed by atoms with E-state index < -0.39 is 0 Å². The minimum Gasteiger partial charge on any atom is -0.455 e. The van der Waals surface area contributed by atoms with Gasteiger partial charge in [0, 0.05) is 5.56 Å². The van der Waals surface area contributed by atoms with Crippen LogP contribution in [0.3, 0.4) is 0 Å². The standard InChI is InChI=1S/C22H22N2O2/c1-17(18-10-4-2-5-11-18)23-16-22(25)24-20-14-8-9-15-21(20)26-19-12-6-3-7-13-19/h2-15,17,23H,16H2,1H3,(H,24,25)/p+1/t17-/m1/s1. The SMILES string of the molecule is C[C@@H]([NH2+]CC(=O)Nc1ccccc1Oc1ccccc1)c1ccccc1. The average Bonchev–Trinajstić information content (AvgIpc) is 2.69. The van der Waals surface area contributed by atoms with E-state index in [9.17, 15) is 4.79 Å². The maximum atomic E-state index is 12.4. The first-order chi connectivity index (χ1) is 12.7. The summed E-state index contributed by atoms with van der Waals surface area (Å²) in [5.74, 6) is 1.30. The summed E-state index contributed by atoms with van der Waals surface area (Å²) in [5, 5.41) is 4.96. The number of hydrogen-bond acceptors (Lipinski definition) is 2. The Morgan fingerprint density at radius 1 is 0.923 bits per heavy atom. The molecule has 3 aromatic carbocycles. The van der Waals surface area contributed by atoms with Crippen molar-refractivity contribution in [2.75, 3.05) is 11.9 Å². The van der Waals surface area contributed by atoms with Gasteiger partial charge in [0.1, 0.15) is 11.8 Å². The van der Waals surface area contributed by atoms with Crippen LogP contribution in [0.25, 0.3) is 0 Å². The molecule has 0 heterocycles. The van der Waals surface area contributed by atoms with E-state index in [4.69, 9.17) is 4.74 Å². The van der Waals surface area contributed by atoms with Crippen LogP contribution in [0.15, 0.2) is 84.9 Å². The number of nitrogens with one attached hydrogen (secondary N) is 1. The number of quaternary nitrogens is 1. The Balaban J connectivity index is 1.59. The van der Waals surface area contributed by atoms with Gasteiger partial charge in [0.15, 0.2) is 12.3 Å². The van der Waals surface area contributed by atoms with Crippen molar-refractivity contribution in [2.24, 2.45) is 0 Å². The molecule has 3 rings (SSSR count). The van der Waals surface area contributed by atoms with Gasteiger partial charge in [-0.3, -0.25) is 4.79 Å². The highest BCUT2D eigenvalue weighted by atomic mass is 16.5. The van der Waals surface area contributed by atoms with Crippen molar-refractivity contribution in [2.45, 2.75) is 13.0 Å². The van der Waals surface area contributed by atoms with Gasteiger partial charge in [-0.05, 0) is 31.2 Å². The van der Waals surface area contributed by atoms with E-state index in [1.807, 2.05) is 78.1 Å². The van der Waals surface area contributed by atoms with Crippen LogP contribution >= 0.6 is 0 Å². The third-order valence-electron chi connectivity index (χ3n) is 4.11. The summed E-state index contributed by atoms with van der Waals surface area (Å²) in [4.78, 5) is 12.4. The van der Waals surface area contributed by atoms with Crippen molar-refractivity contribution in [1.29, 1.82) is 0 Å². The van der Waals surface area contributed by atoms with Crippen LogP contribution in [0.4, 0.5) is 5.69 Å². The summed E-state index contributed by atoms with van der Waals surface area (Å²) >= 11 is 0. The van der Waals surface area contributed by atoms with Gasteiger partial charge in [-0.15, -0.1) is 0 Å². The monoisotopic (exact) mass is 347 g/mol. The van der Waals surface area contributed by atoms with Crippen LogP contribution in [0.1, 0.15) is 18.5 Å². The quantitative estimate of drug-likeness (QED) is 0.684. The zero-order valence-corrected chi connectivity index (χ0v) is 14.8. The molecule has 0 spiro atoms. The highest BCUT2D eigenvalue weighted by Gasteiger charge is 2.13. The van der Waals surface area contributed by atoms with E-state index in [-0.39, 0.29) is 11.9 Å². The highest BCUT2D eigenvalue weighted by Crippen LogP contribution is 2.28. The molecule has 0 aliphatic rings. The summed E-state index contributed by atoms with van der Waals surface area (Å²) in [5.41, 5.74) is 1.87. The Labute approximate surface area is 153 Å². The van der Waals surface area contributed by atoms with Crippen LogP contribution in [0.5, 0.6) is 11.5 Å². The summed E-state index contributed by atoms with van der Waals surface area (Å²) in [6.45, 7) is 2.44. The smallest absolute Gasteiger partial charge is 0.279 e. The van der Waals surface area contributed by atoms with Gasteiger partial charge in [-0.25, -0.2) is 0 Å². The molecule has 4 nitrogen and oxygen atoms in total. The van der Waals surface area contributed by atoms with E-state index >= 15 is 0 Å². The third kappa shape index (κ3) is 4.94. The fraction of sp³-hybridized carbons (Fsp3) is 0.136. The first-order valence-electron chi connectivity index (χ1n) is 8.72. The molecule has 0 fully saturated rings. The Bertz CT molecular complexity index is 835. The van der Waals surface area contributed by atoms with Crippen molar-refractivity contribution >= 4 is 11.6 Å². The molecule has 0 bridgehead atoms. The molecule has 0 radical (unpaired) electrons. The molecule has 0 saturated heterocycles. The minimum atomic E-state index is -0.0584. The number of anilines is 1. The maximum Gasteiger partial charge on any atom is 0.279 e. The van der Waals surface area contributed by atoms with Gasteiger partial charge in [0.2, 0.25) is 0 Å². The van der Waals surface area contributed by atoms with E-state index in [0.29, 0.717) is 18.0 Å². The largest absolute Gasteiger partial charge is 0.455 e. The molecule has 0 unspecified atom stereocenters. The molecule has 1 amide bonds. The van der Waals surface area contributed by atoms with Crippen LogP contribution in [0.2, 0.25) is 0 Å². The lowest BCUT2D eigenvalue weighted by Crippen LogP contribution is -2.86. The maximum absolute atomic E-state index is 12.4. The molecular weight excluding hydrogens is 324 g/mol. The lowest BCUT2D eigenvalue weighted by Gasteiger charge is -2.13. The summed E-state index contributed by atoms with van der Waals surface area (Å²) < 4.78 is 5.88. The van der Waals surface area contributed by atoms with Crippen LogP contribution in [-0.4, -0.2) is 12.5 Å². The number of hydrogen-bond donors (Lipinski definition) is 2. The van der Waals surface area contributed by atoms with Gasteiger partial charge >= 0.3 is 0 Å². The molecule has 26 heavy (non-hydrogen) atoms. The van der Waals surface area contributed by atoms with Crippen molar-refractivity contribution in [3.8, 4) is 11.5 Å². The Morgan fingerprint density at radius 2 is 1.54 bits per heavy atom. The molecule has 132 valence electrons.